The second kappa shape index (κ2) is 7.32. The second-order valence-electron chi connectivity index (χ2n) is 5.80. The van der Waals surface area contributed by atoms with Crippen molar-refractivity contribution in [3.05, 3.63) is 23.3 Å². The highest BCUT2D eigenvalue weighted by Gasteiger charge is 2.11. The third-order valence-electron chi connectivity index (χ3n) is 3.98. The zero-order valence-corrected chi connectivity index (χ0v) is 12.4. The Balaban J connectivity index is 2.25. The van der Waals surface area contributed by atoms with Crippen molar-refractivity contribution in [1.29, 1.82) is 0 Å². The first-order valence-corrected chi connectivity index (χ1v) is 7.79. The molecule has 1 amide bonds. The highest BCUT2D eigenvalue weighted by Crippen LogP contribution is 2.30. The molecular formula is C17H25NO2. The normalized spacial score (nSPS) is 16.9. The van der Waals surface area contributed by atoms with Crippen LogP contribution in [0.15, 0.2) is 12.1 Å². The van der Waals surface area contributed by atoms with Gasteiger partial charge in [-0.05, 0) is 48.9 Å². The second-order valence-corrected chi connectivity index (χ2v) is 5.80. The van der Waals surface area contributed by atoms with Crippen molar-refractivity contribution in [2.24, 2.45) is 0 Å². The Hall–Kier alpha value is -1.51. The van der Waals surface area contributed by atoms with E-state index >= 15 is 0 Å². The summed E-state index contributed by atoms with van der Waals surface area (Å²) in [5, 5.41) is 13.2. The quantitative estimate of drug-likeness (QED) is 0.755. The minimum absolute atomic E-state index is 0.0614. The van der Waals surface area contributed by atoms with E-state index in [9.17, 15) is 9.90 Å². The van der Waals surface area contributed by atoms with E-state index in [1.165, 1.54) is 39.0 Å². The molecule has 1 aliphatic rings. The molecule has 0 spiro atoms. The van der Waals surface area contributed by atoms with E-state index in [0.717, 1.165) is 42.5 Å². The number of hydrogen-bond donors (Lipinski definition) is 2. The summed E-state index contributed by atoms with van der Waals surface area (Å²) >= 11 is 0. The zero-order valence-electron chi connectivity index (χ0n) is 12.4. The molecule has 2 N–H and O–H groups in total. The van der Waals surface area contributed by atoms with Gasteiger partial charge in [0.05, 0.1) is 0 Å². The van der Waals surface area contributed by atoms with Crippen LogP contribution < -0.4 is 5.32 Å². The number of benzene rings is 1. The predicted molar refractivity (Wildman–Crippen MR) is 82.1 cm³/mol. The third-order valence-corrected chi connectivity index (χ3v) is 3.98. The first-order chi connectivity index (χ1) is 9.66. The van der Waals surface area contributed by atoms with Gasteiger partial charge in [-0.3, -0.25) is 4.79 Å². The fourth-order valence-electron chi connectivity index (χ4n) is 2.93. The lowest BCUT2D eigenvalue weighted by atomic mass is 9.96. The van der Waals surface area contributed by atoms with Crippen molar-refractivity contribution in [2.45, 2.75) is 64.7 Å². The molecular weight excluding hydrogens is 250 g/mol. The molecule has 0 aromatic heterocycles. The zero-order chi connectivity index (χ0) is 14.4. The molecule has 3 nitrogen and oxygen atoms in total. The molecule has 110 valence electrons. The van der Waals surface area contributed by atoms with E-state index in [0.29, 0.717) is 5.75 Å². The predicted octanol–water partition coefficient (Wildman–Crippen LogP) is 4.18. The van der Waals surface area contributed by atoms with Crippen LogP contribution in [0, 0.1) is 0 Å². The van der Waals surface area contributed by atoms with Crippen LogP contribution in [0.5, 0.6) is 5.75 Å². The van der Waals surface area contributed by atoms with Crippen molar-refractivity contribution >= 4 is 11.6 Å². The van der Waals surface area contributed by atoms with E-state index in [2.05, 4.69) is 5.32 Å². The standard InChI is InChI=1S/C17H25NO2/c1-13(19)18-16-11-14-9-7-5-3-2-4-6-8-10-15(12-16)17(14)20/h11-12,20H,2-10H2,1H3,(H,18,19). The number of carbonyl (C=O) groups excluding carboxylic acids is 1. The number of phenols is 1. The molecule has 20 heavy (non-hydrogen) atoms. The lowest BCUT2D eigenvalue weighted by Crippen LogP contribution is -2.07. The molecule has 3 heteroatoms. The molecule has 0 unspecified atom stereocenters. The van der Waals surface area contributed by atoms with Gasteiger partial charge in [0.15, 0.2) is 0 Å². The lowest BCUT2D eigenvalue weighted by molar-refractivity contribution is -0.114. The number of rotatable bonds is 1. The van der Waals surface area contributed by atoms with E-state index in [-0.39, 0.29) is 5.91 Å². The summed E-state index contributed by atoms with van der Waals surface area (Å²) in [5.41, 5.74) is 2.77. The number of aromatic hydroxyl groups is 1. The summed E-state index contributed by atoms with van der Waals surface area (Å²) in [6.07, 6.45) is 10.4. The Kier molecular flexibility index (Phi) is 5.45. The number of phenolic OH excluding ortho intramolecular Hbond substituents is 1. The van der Waals surface area contributed by atoms with E-state index in [1.54, 1.807) is 0 Å². The molecule has 2 rings (SSSR count). The van der Waals surface area contributed by atoms with Gasteiger partial charge in [0, 0.05) is 12.6 Å². The maximum atomic E-state index is 11.2. The van der Waals surface area contributed by atoms with Crippen LogP contribution >= 0.6 is 0 Å². The summed E-state index contributed by atoms with van der Waals surface area (Å²) in [7, 11) is 0. The molecule has 0 saturated heterocycles. The Morgan fingerprint density at radius 3 is 1.85 bits per heavy atom. The summed E-state index contributed by atoms with van der Waals surface area (Å²) < 4.78 is 0. The topological polar surface area (TPSA) is 49.3 Å². The van der Waals surface area contributed by atoms with Gasteiger partial charge in [-0.2, -0.15) is 0 Å². The number of hydrogen-bond acceptors (Lipinski definition) is 2. The number of amides is 1. The Morgan fingerprint density at radius 2 is 1.40 bits per heavy atom. The molecule has 1 aliphatic carbocycles. The van der Waals surface area contributed by atoms with E-state index < -0.39 is 0 Å². The first kappa shape index (κ1) is 14.9. The van der Waals surface area contributed by atoms with Crippen LogP contribution in [0.25, 0.3) is 0 Å². The van der Waals surface area contributed by atoms with Crippen molar-refractivity contribution < 1.29 is 9.90 Å². The van der Waals surface area contributed by atoms with Gasteiger partial charge in [0.1, 0.15) is 5.75 Å². The molecule has 0 saturated carbocycles. The molecule has 0 aliphatic heterocycles. The van der Waals surface area contributed by atoms with Crippen LogP contribution in [0.3, 0.4) is 0 Å². The molecule has 1 aromatic carbocycles. The van der Waals surface area contributed by atoms with Crippen molar-refractivity contribution in [2.75, 3.05) is 5.32 Å². The lowest BCUT2D eigenvalue weighted by Gasteiger charge is -2.14. The summed E-state index contributed by atoms with van der Waals surface area (Å²) in [4.78, 5) is 11.2. The maximum Gasteiger partial charge on any atom is 0.221 e. The minimum Gasteiger partial charge on any atom is -0.507 e. The Labute approximate surface area is 121 Å². The summed E-state index contributed by atoms with van der Waals surface area (Å²) in [6, 6.07) is 3.85. The number of carbonyl (C=O) groups is 1. The van der Waals surface area contributed by atoms with Crippen molar-refractivity contribution in [3.8, 4) is 5.75 Å². The van der Waals surface area contributed by atoms with Gasteiger partial charge in [-0.25, -0.2) is 0 Å². The van der Waals surface area contributed by atoms with Crippen molar-refractivity contribution in [1.82, 2.24) is 0 Å². The largest absolute Gasteiger partial charge is 0.507 e. The van der Waals surface area contributed by atoms with Gasteiger partial charge in [0.25, 0.3) is 0 Å². The highest BCUT2D eigenvalue weighted by molar-refractivity contribution is 5.89. The van der Waals surface area contributed by atoms with E-state index in [1.807, 2.05) is 12.1 Å². The molecule has 2 bridgehead atoms. The third kappa shape index (κ3) is 4.26. The average molecular weight is 275 g/mol. The van der Waals surface area contributed by atoms with Gasteiger partial charge >= 0.3 is 0 Å². The van der Waals surface area contributed by atoms with Gasteiger partial charge in [-0.15, -0.1) is 0 Å². The SMILES string of the molecule is CC(=O)Nc1cc2c(O)c(c1)CCCCCCCCC2. The van der Waals surface area contributed by atoms with Gasteiger partial charge in [0.2, 0.25) is 5.91 Å². The van der Waals surface area contributed by atoms with Crippen LogP contribution in [-0.2, 0) is 17.6 Å². The fraction of sp³-hybridized carbons (Fsp3) is 0.588. The molecule has 0 radical (unpaired) electrons. The smallest absolute Gasteiger partial charge is 0.221 e. The van der Waals surface area contributed by atoms with Crippen LogP contribution in [0.1, 0.15) is 63.0 Å². The van der Waals surface area contributed by atoms with Gasteiger partial charge in [-0.1, -0.05) is 32.1 Å². The molecule has 0 atom stereocenters. The number of aryl methyl sites for hydroxylation is 2. The van der Waals surface area contributed by atoms with Crippen LogP contribution in [-0.4, -0.2) is 11.0 Å². The van der Waals surface area contributed by atoms with Crippen LogP contribution in [0.4, 0.5) is 5.69 Å². The fourth-order valence-corrected chi connectivity index (χ4v) is 2.93. The molecule has 0 heterocycles. The summed E-state index contributed by atoms with van der Waals surface area (Å²) in [5.74, 6) is 0.383. The van der Waals surface area contributed by atoms with Crippen LogP contribution in [0.2, 0.25) is 0 Å². The Bertz CT molecular complexity index is 437. The van der Waals surface area contributed by atoms with Crippen molar-refractivity contribution in [3.63, 3.8) is 0 Å². The first-order valence-electron chi connectivity index (χ1n) is 7.79. The number of nitrogens with one attached hydrogen (secondary N) is 1. The van der Waals surface area contributed by atoms with Gasteiger partial charge < -0.3 is 10.4 Å². The molecule has 1 aromatic rings. The van der Waals surface area contributed by atoms with E-state index in [4.69, 9.17) is 0 Å². The molecule has 0 fully saturated rings. The highest BCUT2D eigenvalue weighted by atomic mass is 16.3. The summed E-state index contributed by atoms with van der Waals surface area (Å²) in [6.45, 7) is 1.52. The number of fused-ring (bicyclic) bond motifs is 2. The number of anilines is 1. The Morgan fingerprint density at radius 1 is 0.950 bits per heavy atom. The average Bonchev–Trinajstić information content (AvgIpc) is 2.39. The maximum absolute atomic E-state index is 11.2. The minimum atomic E-state index is -0.0614. The monoisotopic (exact) mass is 275 g/mol.